The van der Waals surface area contributed by atoms with Gasteiger partial charge in [-0.1, -0.05) is 12.1 Å². The van der Waals surface area contributed by atoms with E-state index in [0.29, 0.717) is 18.8 Å². The molecule has 1 aliphatic rings. The van der Waals surface area contributed by atoms with Crippen LogP contribution in [0.5, 0.6) is 0 Å². The summed E-state index contributed by atoms with van der Waals surface area (Å²) >= 11 is 0. The fourth-order valence-corrected chi connectivity index (χ4v) is 4.15. The van der Waals surface area contributed by atoms with Crippen LogP contribution >= 0.6 is 0 Å². The minimum atomic E-state index is -3.45. The number of hydrogen-bond donors (Lipinski definition) is 1. The van der Waals surface area contributed by atoms with Crippen molar-refractivity contribution in [2.75, 3.05) is 0 Å². The van der Waals surface area contributed by atoms with Crippen molar-refractivity contribution >= 4 is 10.0 Å². The van der Waals surface area contributed by atoms with Crippen LogP contribution in [0.2, 0.25) is 0 Å². The van der Waals surface area contributed by atoms with Crippen LogP contribution in [0.15, 0.2) is 30.6 Å². The summed E-state index contributed by atoms with van der Waals surface area (Å²) in [7, 11) is -3.45. The van der Waals surface area contributed by atoms with E-state index in [9.17, 15) is 12.8 Å². The number of benzene rings is 1. The normalized spacial score (nSPS) is 21.0. The molecule has 1 fully saturated rings. The third kappa shape index (κ3) is 3.02. The van der Waals surface area contributed by atoms with Crippen molar-refractivity contribution in [3.05, 3.63) is 47.8 Å². The van der Waals surface area contributed by atoms with Crippen LogP contribution in [-0.4, -0.2) is 28.4 Å². The molecular weight excluding hydrogens is 307 g/mol. The Kier molecular flexibility index (Phi) is 3.96. The predicted octanol–water partition coefficient (Wildman–Crippen LogP) is 1.41. The number of aromatic nitrogens is 3. The lowest BCUT2D eigenvalue weighted by Gasteiger charge is -2.07. The van der Waals surface area contributed by atoms with E-state index in [2.05, 4.69) is 14.9 Å². The van der Waals surface area contributed by atoms with E-state index in [1.165, 1.54) is 12.1 Å². The van der Waals surface area contributed by atoms with E-state index >= 15 is 0 Å². The predicted molar refractivity (Wildman–Crippen MR) is 79.0 cm³/mol. The summed E-state index contributed by atoms with van der Waals surface area (Å²) in [6.07, 6.45) is 2.08. The van der Waals surface area contributed by atoms with Gasteiger partial charge in [-0.2, -0.15) is 0 Å². The summed E-state index contributed by atoms with van der Waals surface area (Å²) in [4.78, 5) is 0. The molecule has 1 aliphatic carbocycles. The molecule has 3 rings (SSSR count). The first-order valence-corrected chi connectivity index (χ1v) is 8.66. The number of nitrogens with one attached hydrogen (secondary N) is 1. The molecule has 0 saturated heterocycles. The third-order valence-corrected chi connectivity index (χ3v) is 5.74. The van der Waals surface area contributed by atoms with Gasteiger partial charge in [-0.25, -0.2) is 17.5 Å². The molecule has 1 N–H and O–H groups in total. The molecule has 0 amide bonds. The van der Waals surface area contributed by atoms with E-state index in [-0.39, 0.29) is 18.3 Å². The molecule has 8 heteroatoms. The zero-order valence-corrected chi connectivity index (χ0v) is 12.9. The van der Waals surface area contributed by atoms with Crippen LogP contribution in [0, 0.1) is 5.82 Å². The van der Waals surface area contributed by atoms with Crippen LogP contribution in [0.3, 0.4) is 0 Å². The van der Waals surface area contributed by atoms with Gasteiger partial charge in [-0.05, 0) is 31.0 Å². The number of hydrogen-bond acceptors (Lipinski definition) is 4. The number of nitrogens with zero attached hydrogens (tertiary/aromatic N) is 3. The van der Waals surface area contributed by atoms with Gasteiger partial charge in [0.15, 0.2) is 0 Å². The molecule has 0 spiro atoms. The number of sulfonamides is 1. The highest BCUT2D eigenvalue weighted by molar-refractivity contribution is 7.90. The maximum atomic E-state index is 13.2. The molecule has 0 bridgehead atoms. The van der Waals surface area contributed by atoms with Gasteiger partial charge < -0.3 is 4.57 Å². The molecular formula is C14H17FN4O2S. The Morgan fingerprint density at radius 1 is 1.45 bits per heavy atom. The SMILES string of the molecule is CCn1cnnc1CNS(=O)(=O)[C@@H]1C[C@H]1c1cccc(F)c1. The van der Waals surface area contributed by atoms with Crippen LogP contribution in [0.4, 0.5) is 4.39 Å². The van der Waals surface area contributed by atoms with Crippen LogP contribution < -0.4 is 4.72 Å². The van der Waals surface area contributed by atoms with Gasteiger partial charge in [0.05, 0.1) is 11.8 Å². The van der Waals surface area contributed by atoms with Crippen molar-refractivity contribution in [2.45, 2.75) is 37.6 Å². The van der Waals surface area contributed by atoms with E-state index in [0.717, 1.165) is 5.56 Å². The highest BCUT2D eigenvalue weighted by Crippen LogP contribution is 2.45. The molecule has 6 nitrogen and oxygen atoms in total. The van der Waals surface area contributed by atoms with Gasteiger partial charge in [0.1, 0.15) is 18.0 Å². The van der Waals surface area contributed by atoms with Crippen molar-refractivity contribution < 1.29 is 12.8 Å². The number of aryl methyl sites for hydroxylation is 1. The Balaban J connectivity index is 1.65. The molecule has 1 aromatic heterocycles. The summed E-state index contributed by atoms with van der Waals surface area (Å²) in [5, 5.41) is 7.15. The van der Waals surface area contributed by atoms with E-state index in [1.54, 1.807) is 23.0 Å². The Hall–Kier alpha value is -1.80. The van der Waals surface area contributed by atoms with Crippen LogP contribution in [0.25, 0.3) is 0 Å². The molecule has 118 valence electrons. The Morgan fingerprint density at radius 3 is 3.00 bits per heavy atom. The van der Waals surface area contributed by atoms with Gasteiger partial charge in [0.25, 0.3) is 0 Å². The lowest BCUT2D eigenvalue weighted by molar-refractivity contribution is 0.573. The van der Waals surface area contributed by atoms with Crippen LogP contribution in [-0.2, 0) is 23.1 Å². The topological polar surface area (TPSA) is 76.9 Å². The fourth-order valence-electron chi connectivity index (χ4n) is 2.55. The summed E-state index contributed by atoms with van der Waals surface area (Å²) in [5.41, 5.74) is 0.729. The maximum Gasteiger partial charge on any atom is 0.215 e. The maximum absolute atomic E-state index is 13.2. The summed E-state index contributed by atoms with van der Waals surface area (Å²) in [6, 6.07) is 6.11. The Morgan fingerprint density at radius 2 is 2.27 bits per heavy atom. The lowest BCUT2D eigenvalue weighted by Crippen LogP contribution is -2.28. The molecule has 2 aromatic rings. The third-order valence-electron chi connectivity index (χ3n) is 3.88. The standard InChI is InChI=1S/C14H17FN4O2S/c1-2-19-9-16-18-14(19)8-17-22(20,21)13-7-12(13)10-4-3-5-11(15)6-10/h3-6,9,12-13,17H,2,7-8H2,1H3/t12-,13+/m0/s1. The van der Waals surface area contributed by atoms with Crippen molar-refractivity contribution in [1.82, 2.24) is 19.5 Å². The monoisotopic (exact) mass is 324 g/mol. The highest BCUT2D eigenvalue weighted by Gasteiger charge is 2.48. The van der Waals surface area contributed by atoms with Crippen LogP contribution in [0.1, 0.15) is 30.7 Å². The molecule has 22 heavy (non-hydrogen) atoms. The molecule has 1 saturated carbocycles. The molecule has 0 unspecified atom stereocenters. The fraction of sp³-hybridized carbons (Fsp3) is 0.429. The number of rotatable bonds is 6. The first-order chi connectivity index (χ1) is 10.5. The van der Waals surface area contributed by atoms with Gasteiger partial charge in [0, 0.05) is 12.5 Å². The van der Waals surface area contributed by atoms with Crippen molar-refractivity contribution in [3.63, 3.8) is 0 Å². The van der Waals surface area contributed by atoms with Gasteiger partial charge in [-0.15, -0.1) is 10.2 Å². The van der Waals surface area contributed by atoms with Gasteiger partial charge >= 0.3 is 0 Å². The average Bonchev–Trinajstić information content (AvgIpc) is 3.18. The molecule has 1 aromatic carbocycles. The first kappa shape index (κ1) is 15.1. The first-order valence-electron chi connectivity index (χ1n) is 7.12. The van der Waals surface area contributed by atoms with E-state index < -0.39 is 15.3 Å². The van der Waals surface area contributed by atoms with Crippen molar-refractivity contribution in [1.29, 1.82) is 0 Å². The summed E-state index contributed by atoms with van der Waals surface area (Å²) in [5.74, 6) is 0.0934. The zero-order valence-electron chi connectivity index (χ0n) is 12.1. The summed E-state index contributed by atoms with van der Waals surface area (Å²) < 4.78 is 42.1. The molecule has 0 radical (unpaired) electrons. The van der Waals surface area contributed by atoms with Crippen molar-refractivity contribution in [3.8, 4) is 0 Å². The minimum absolute atomic E-state index is 0.114. The largest absolute Gasteiger partial charge is 0.317 e. The van der Waals surface area contributed by atoms with E-state index in [1.807, 2.05) is 6.92 Å². The second-order valence-electron chi connectivity index (χ2n) is 5.33. The van der Waals surface area contributed by atoms with Gasteiger partial charge in [0.2, 0.25) is 10.0 Å². The smallest absolute Gasteiger partial charge is 0.215 e. The zero-order chi connectivity index (χ0) is 15.7. The minimum Gasteiger partial charge on any atom is -0.317 e. The Labute approximate surface area is 128 Å². The lowest BCUT2D eigenvalue weighted by atomic mass is 10.1. The molecule has 1 heterocycles. The quantitative estimate of drug-likeness (QED) is 0.871. The summed E-state index contributed by atoms with van der Waals surface area (Å²) in [6.45, 7) is 2.73. The van der Waals surface area contributed by atoms with Gasteiger partial charge in [-0.3, -0.25) is 0 Å². The van der Waals surface area contributed by atoms with Crippen molar-refractivity contribution in [2.24, 2.45) is 0 Å². The Bertz CT molecular complexity index is 775. The second-order valence-corrected chi connectivity index (χ2v) is 7.32. The molecule has 2 atom stereocenters. The number of halogens is 1. The average molecular weight is 324 g/mol. The second kappa shape index (κ2) is 5.77. The van der Waals surface area contributed by atoms with E-state index in [4.69, 9.17) is 0 Å². The molecule has 0 aliphatic heterocycles. The highest BCUT2D eigenvalue weighted by atomic mass is 32.2.